The predicted octanol–water partition coefficient (Wildman–Crippen LogP) is 3.36. The van der Waals surface area contributed by atoms with E-state index in [9.17, 15) is 28.2 Å². The molecule has 1 aliphatic carbocycles. The lowest BCUT2D eigenvalue weighted by Crippen LogP contribution is -2.50. The summed E-state index contributed by atoms with van der Waals surface area (Å²) in [4.78, 5) is 12.2. The lowest BCUT2D eigenvalue weighted by molar-refractivity contribution is -0.274. The summed E-state index contributed by atoms with van der Waals surface area (Å²) < 4.78 is 40.5. The molecule has 1 fully saturated rings. The maximum absolute atomic E-state index is 12.2. The Bertz CT molecular complexity index is 691. The molecule has 1 aromatic carbocycles. The summed E-state index contributed by atoms with van der Waals surface area (Å²) in [7, 11) is 0. The molecule has 0 aliphatic heterocycles. The van der Waals surface area contributed by atoms with Crippen molar-refractivity contribution in [1.82, 2.24) is 5.48 Å². The third-order valence-electron chi connectivity index (χ3n) is 5.77. The van der Waals surface area contributed by atoms with Gasteiger partial charge in [0.1, 0.15) is 5.75 Å². The van der Waals surface area contributed by atoms with Crippen molar-refractivity contribution in [1.29, 1.82) is 0 Å². The number of carbonyl (C=O) groups excluding carboxylic acids is 1. The highest BCUT2D eigenvalue weighted by molar-refractivity contribution is 5.78. The summed E-state index contributed by atoms with van der Waals surface area (Å²) in [5.41, 5.74) is 8.85. The second-order valence-corrected chi connectivity index (χ2v) is 8.12. The molecule has 2 rings (SSSR count). The smallest absolute Gasteiger partial charge is 0.573 e. The average Bonchev–Trinajstić information content (AvgIpc) is 2.68. The summed E-state index contributed by atoms with van der Waals surface area (Å²) in [6.07, 6.45) is -4.17. The van der Waals surface area contributed by atoms with E-state index in [1.54, 1.807) is 5.48 Å². The highest BCUT2D eigenvalue weighted by Gasteiger charge is 2.44. The Morgan fingerprint density at radius 3 is 2.37 bits per heavy atom. The Kier molecular flexibility index (Phi) is 8.09. The lowest BCUT2D eigenvalue weighted by atomic mass is 9.70. The first-order valence-electron chi connectivity index (χ1n) is 9.83. The summed E-state index contributed by atoms with van der Waals surface area (Å²) in [6.45, 7) is 2.04. The molecular weight excluding hydrogens is 405 g/mol. The number of carbonyl (C=O) groups is 1. The number of hydrogen-bond acceptors (Lipinski definition) is 5. The standard InChI is InChI=1S/C20H28F3N2O5/c1-12-6-8-19(28,9-7-12)15(18(27)25-29)11-17(26)16(24)10-13-2-4-14(5-3-13)30-20(21,22)23/h2-5,12,15-17,24,26,28-29H,6-11H2,1H3,(H,25,27)/q-1. The van der Waals surface area contributed by atoms with Gasteiger partial charge >= 0.3 is 6.36 Å². The van der Waals surface area contributed by atoms with Crippen molar-refractivity contribution in [2.24, 2.45) is 11.8 Å². The van der Waals surface area contributed by atoms with Crippen molar-refractivity contribution < 1.29 is 38.1 Å². The fourth-order valence-corrected chi connectivity index (χ4v) is 3.88. The number of nitrogens with one attached hydrogen (secondary N) is 2. The van der Waals surface area contributed by atoms with Crippen LogP contribution < -0.4 is 10.2 Å². The minimum atomic E-state index is -4.80. The van der Waals surface area contributed by atoms with E-state index in [-0.39, 0.29) is 18.6 Å². The van der Waals surface area contributed by atoms with Gasteiger partial charge in [-0.25, -0.2) is 5.48 Å². The van der Waals surface area contributed by atoms with Crippen molar-refractivity contribution in [3.05, 3.63) is 35.6 Å². The topological polar surface area (TPSA) is 123 Å². The van der Waals surface area contributed by atoms with Gasteiger partial charge in [-0.05, 0) is 62.1 Å². The number of halogens is 3. The van der Waals surface area contributed by atoms with Gasteiger partial charge in [0, 0.05) is 6.10 Å². The normalized spacial score (nSPS) is 25.3. The highest BCUT2D eigenvalue weighted by Crippen LogP contribution is 2.39. The van der Waals surface area contributed by atoms with E-state index < -0.39 is 35.9 Å². The number of rotatable bonds is 8. The van der Waals surface area contributed by atoms with E-state index in [1.807, 2.05) is 6.92 Å². The van der Waals surface area contributed by atoms with Crippen molar-refractivity contribution in [2.45, 2.75) is 69.6 Å². The van der Waals surface area contributed by atoms with Gasteiger partial charge in [0.2, 0.25) is 5.91 Å². The van der Waals surface area contributed by atoms with Crippen molar-refractivity contribution in [3.8, 4) is 5.75 Å². The summed E-state index contributed by atoms with van der Waals surface area (Å²) in [5, 5.41) is 30.5. The van der Waals surface area contributed by atoms with Gasteiger partial charge in [0.25, 0.3) is 0 Å². The molecule has 1 aliphatic rings. The number of hydrogen-bond donors (Lipinski definition) is 4. The van der Waals surface area contributed by atoms with E-state index in [2.05, 4.69) is 4.74 Å². The molecule has 1 aromatic rings. The monoisotopic (exact) mass is 433 g/mol. The van der Waals surface area contributed by atoms with Crippen LogP contribution in [0.1, 0.15) is 44.6 Å². The zero-order valence-electron chi connectivity index (χ0n) is 16.7. The van der Waals surface area contributed by atoms with Crippen LogP contribution in [0.15, 0.2) is 24.3 Å². The van der Waals surface area contributed by atoms with Crippen LogP contribution in [0.3, 0.4) is 0 Å². The molecule has 3 atom stereocenters. The van der Waals surface area contributed by atoms with E-state index in [4.69, 9.17) is 10.9 Å². The number of hydroxylamine groups is 1. The predicted molar refractivity (Wildman–Crippen MR) is 102 cm³/mol. The van der Waals surface area contributed by atoms with Gasteiger partial charge in [0.15, 0.2) is 0 Å². The number of aliphatic hydroxyl groups excluding tert-OH is 1. The molecule has 10 heteroatoms. The molecule has 7 nitrogen and oxygen atoms in total. The number of ether oxygens (including phenoxy) is 1. The molecule has 5 N–H and O–H groups in total. The molecule has 3 unspecified atom stereocenters. The maximum atomic E-state index is 12.2. The molecule has 30 heavy (non-hydrogen) atoms. The zero-order chi connectivity index (χ0) is 22.5. The molecule has 170 valence electrons. The highest BCUT2D eigenvalue weighted by atomic mass is 19.4. The Morgan fingerprint density at radius 2 is 1.87 bits per heavy atom. The van der Waals surface area contributed by atoms with Crippen molar-refractivity contribution in [2.75, 3.05) is 0 Å². The fraction of sp³-hybridized carbons (Fsp3) is 0.650. The second kappa shape index (κ2) is 9.95. The molecule has 1 saturated carbocycles. The van der Waals surface area contributed by atoms with Crippen LogP contribution >= 0.6 is 0 Å². The van der Waals surface area contributed by atoms with Gasteiger partial charge in [0.05, 0.1) is 11.5 Å². The summed E-state index contributed by atoms with van der Waals surface area (Å²) >= 11 is 0. The van der Waals surface area contributed by atoms with E-state index in [0.717, 1.165) is 12.1 Å². The first-order chi connectivity index (χ1) is 13.9. The van der Waals surface area contributed by atoms with Crippen LogP contribution in [0.5, 0.6) is 5.75 Å². The van der Waals surface area contributed by atoms with Crippen LogP contribution in [-0.2, 0) is 11.2 Å². The van der Waals surface area contributed by atoms with Gasteiger partial charge in [-0.15, -0.1) is 19.2 Å². The van der Waals surface area contributed by atoms with E-state index >= 15 is 0 Å². The van der Waals surface area contributed by atoms with Crippen molar-refractivity contribution >= 4 is 5.91 Å². The first-order valence-corrected chi connectivity index (χ1v) is 9.83. The maximum Gasteiger partial charge on any atom is 0.573 e. The number of aliphatic hydroxyl groups is 2. The molecule has 0 aromatic heterocycles. The van der Waals surface area contributed by atoms with Crippen LogP contribution in [0.4, 0.5) is 13.2 Å². The SMILES string of the molecule is CC1CCC(O)(C(CC(O)C([NH-])Cc2ccc(OC(F)(F)F)cc2)C(=O)NO)CC1. The summed E-state index contributed by atoms with van der Waals surface area (Å²) in [5.74, 6) is -1.88. The van der Waals surface area contributed by atoms with Crippen LogP contribution in [0.25, 0.3) is 5.73 Å². The first kappa shape index (κ1) is 24.4. The van der Waals surface area contributed by atoms with Crippen LogP contribution in [0.2, 0.25) is 0 Å². The fourth-order valence-electron chi connectivity index (χ4n) is 3.88. The van der Waals surface area contributed by atoms with E-state index in [1.165, 1.54) is 12.1 Å². The lowest BCUT2D eigenvalue weighted by Gasteiger charge is -2.41. The minimum Gasteiger partial charge on any atom is -0.672 e. The third kappa shape index (κ3) is 6.83. The largest absolute Gasteiger partial charge is 0.672 e. The van der Waals surface area contributed by atoms with Gasteiger partial charge < -0.3 is 20.7 Å². The molecule has 0 bridgehead atoms. The molecule has 0 saturated heterocycles. The van der Waals surface area contributed by atoms with Gasteiger partial charge in [-0.1, -0.05) is 19.1 Å². The second-order valence-electron chi connectivity index (χ2n) is 8.12. The van der Waals surface area contributed by atoms with Crippen LogP contribution in [-0.4, -0.2) is 45.4 Å². The zero-order valence-corrected chi connectivity index (χ0v) is 16.7. The Hall–Kier alpha value is -1.88. The molecular formula is C20H28F3N2O5-. The Labute approximate surface area is 173 Å². The third-order valence-corrected chi connectivity index (χ3v) is 5.77. The quantitative estimate of drug-likeness (QED) is 0.370. The Balaban J connectivity index is 2.01. The van der Waals surface area contributed by atoms with Crippen LogP contribution in [0, 0.1) is 11.8 Å². The molecule has 0 radical (unpaired) electrons. The summed E-state index contributed by atoms with van der Waals surface area (Å²) in [6, 6.07) is 3.89. The minimum absolute atomic E-state index is 0.0242. The van der Waals surface area contributed by atoms with Crippen molar-refractivity contribution in [3.63, 3.8) is 0 Å². The molecule has 1 amide bonds. The molecule has 0 spiro atoms. The number of alkyl halides is 3. The van der Waals surface area contributed by atoms with Gasteiger partial charge in [-0.3, -0.25) is 10.0 Å². The van der Waals surface area contributed by atoms with E-state index in [0.29, 0.717) is 37.2 Å². The number of amides is 1. The Morgan fingerprint density at radius 1 is 1.30 bits per heavy atom. The average molecular weight is 433 g/mol. The van der Waals surface area contributed by atoms with Gasteiger partial charge in [-0.2, -0.15) is 0 Å². The molecule has 0 heterocycles. The number of benzene rings is 1.